The number of carbonyl (C=O) groups is 1. The van der Waals surface area contributed by atoms with Gasteiger partial charge in [0.2, 0.25) is 5.91 Å². The number of nitrogens with two attached hydrogens (primary N) is 1. The number of aromatic nitrogens is 2. The van der Waals surface area contributed by atoms with Gasteiger partial charge in [0.1, 0.15) is 6.04 Å². The van der Waals surface area contributed by atoms with Crippen LogP contribution in [-0.2, 0) is 4.79 Å². The smallest absolute Gasteiger partial charge is 0.246 e. The molecule has 0 bridgehead atoms. The molecule has 0 spiro atoms. The summed E-state index contributed by atoms with van der Waals surface area (Å²) in [5.74, 6) is -0.442. The second-order valence-corrected chi connectivity index (χ2v) is 5.63. The Balaban J connectivity index is 2.35. The minimum absolute atomic E-state index is 0.204. The van der Waals surface area contributed by atoms with Crippen molar-refractivity contribution in [3.8, 4) is 0 Å². The van der Waals surface area contributed by atoms with Crippen molar-refractivity contribution in [1.29, 1.82) is 0 Å². The van der Waals surface area contributed by atoms with Gasteiger partial charge in [-0.1, -0.05) is 12.1 Å². The second kappa shape index (κ2) is 6.09. The van der Waals surface area contributed by atoms with E-state index in [0.717, 1.165) is 15.9 Å². The SMILES string of the molecule is CC(C)n1cncc1C(Nc1ccccc1Br)C(N)=O. The number of primary amides is 1. The van der Waals surface area contributed by atoms with Crippen LogP contribution in [0.1, 0.15) is 31.6 Å². The van der Waals surface area contributed by atoms with Crippen LogP contribution >= 0.6 is 15.9 Å². The zero-order valence-corrected chi connectivity index (χ0v) is 13.0. The highest BCUT2D eigenvalue weighted by Crippen LogP contribution is 2.27. The molecule has 1 amide bonds. The fourth-order valence-electron chi connectivity index (χ4n) is 1.99. The van der Waals surface area contributed by atoms with E-state index in [1.54, 1.807) is 12.5 Å². The van der Waals surface area contributed by atoms with E-state index < -0.39 is 11.9 Å². The van der Waals surface area contributed by atoms with Gasteiger partial charge in [-0.2, -0.15) is 0 Å². The van der Waals surface area contributed by atoms with Crippen molar-refractivity contribution in [2.45, 2.75) is 25.9 Å². The predicted octanol–water partition coefficient (Wildman–Crippen LogP) is 2.87. The van der Waals surface area contributed by atoms with E-state index in [1.807, 2.05) is 42.7 Å². The van der Waals surface area contributed by atoms with E-state index in [1.165, 1.54) is 0 Å². The summed E-state index contributed by atoms with van der Waals surface area (Å²) in [6.45, 7) is 4.06. The summed E-state index contributed by atoms with van der Waals surface area (Å²) in [6.07, 6.45) is 3.37. The Bertz CT molecular complexity index is 609. The minimum Gasteiger partial charge on any atom is -0.368 e. The number of nitrogens with one attached hydrogen (secondary N) is 1. The average Bonchev–Trinajstić information content (AvgIpc) is 2.86. The molecular formula is C14H17BrN4O. The van der Waals surface area contributed by atoms with E-state index in [-0.39, 0.29) is 6.04 Å². The number of rotatable bonds is 5. The summed E-state index contributed by atoms with van der Waals surface area (Å²) >= 11 is 3.45. The molecule has 1 aromatic heterocycles. The van der Waals surface area contributed by atoms with Gasteiger partial charge in [0, 0.05) is 16.2 Å². The number of halogens is 1. The summed E-state index contributed by atoms with van der Waals surface area (Å²) in [5, 5.41) is 3.16. The van der Waals surface area contributed by atoms with Gasteiger partial charge in [-0.05, 0) is 41.9 Å². The number of benzene rings is 1. The number of para-hydroxylation sites is 1. The van der Waals surface area contributed by atoms with Crippen molar-refractivity contribution in [3.05, 3.63) is 47.0 Å². The van der Waals surface area contributed by atoms with Crippen LogP contribution < -0.4 is 11.1 Å². The third-order valence-corrected chi connectivity index (χ3v) is 3.70. The number of amides is 1. The molecule has 5 nitrogen and oxygen atoms in total. The van der Waals surface area contributed by atoms with Gasteiger partial charge in [0.05, 0.1) is 18.2 Å². The van der Waals surface area contributed by atoms with Crippen molar-refractivity contribution in [3.63, 3.8) is 0 Å². The highest BCUT2D eigenvalue weighted by atomic mass is 79.9. The topological polar surface area (TPSA) is 72.9 Å². The Labute approximate surface area is 126 Å². The first-order valence-electron chi connectivity index (χ1n) is 6.32. The molecule has 1 heterocycles. The van der Waals surface area contributed by atoms with Gasteiger partial charge in [0.15, 0.2) is 0 Å². The van der Waals surface area contributed by atoms with Crippen LogP contribution in [0.25, 0.3) is 0 Å². The molecule has 2 aromatic rings. The minimum atomic E-state index is -0.626. The Morgan fingerprint density at radius 2 is 2.10 bits per heavy atom. The second-order valence-electron chi connectivity index (χ2n) is 4.78. The molecule has 0 aliphatic rings. The standard InChI is InChI=1S/C14H17BrN4O/c1-9(2)19-8-17-7-12(19)13(14(16)20)18-11-6-4-3-5-10(11)15/h3-9,13,18H,1-2H3,(H2,16,20). The molecule has 0 saturated carbocycles. The predicted molar refractivity (Wildman–Crippen MR) is 82.3 cm³/mol. The molecule has 1 unspecified atom stereocenters. The number of hydrogen-bond donors (Lipinski definition) is 2. The largest absolute Gasteiger partial charge is 0.368 e. The lowest BCUT2D eigenvalue weighted by Gasteiger charge is -2.21. The maximum atomic E-state index is 11.8. The summed E-state index contributed by atoms with van der Waals surface area (Å²) in [7, 11) is 0. The summed E-state index contributed by atoms with van der Waals surface area (Å²) < 4.78 is 2.81. The molecule has 0 fully saturated rings. The highest BCUT2D eigenvalue weighted by Gasteiger charge is 2.23. The van der Waals surface area contributed by atoms with Crippen LogP contribution in [0.15, 0.2) is 41.3 Å². The zero-order chi connectivity index (χ0) is 14.7. The molecule has 0 aliphatic carbocycles. The fraction of sp³-hybridized carbons (Fsp3) is 0.286. The number of imidazole rings is 1. The highest BCUT2D eigenvalue weighted by molar-refractivity contribution is 9.10. The first-order valence-corrected chi connectivity index (χ1v) is 7.12. The number of carbonyl (C=O) groups excluding carboxylic acids is 1. The van der Waals surface area contributed by atoms with Gasteiger partial charge >= 0.3 is 0 Å². The molecule has 1 atom stereocenters. The van der Waals surface area contributed by atoms with Gasteiger partial charge in [-0.3, -0.25) is 4.79 Å². The van der Waals surface area contributed by atoms with Crippen molar-refractivity contribution in [2.24, 2.45) is 5.73 Å². The van der Waals surface area contributed by atoms with Crippen LogP contribution in [-0.4, -0.2) is 15.5 Å². The molecule has 0 radical (unpaired) electrons. The lowest BCUT2D eigenvalue weighted by atomic mass is 10.1. The summed E-state index contributed by atoms with van der Waals surface area (Å²) in [6, 6.07) is 7.17. The van der Waals surface area contributed by atoms with Crippen LogP contribution in [0.5, 0.6) is 0 Å². The number of hydrogen-bond acceptors (Lipinski definition) is 3. The molecular weight excluding hydrogens is 320 g/mol. The van der Waals surface area contributed by atoms with E-state index in [4.69, 9.17) is 5.73 Å². The van der Waals surface area contributed by atoms with E-state index in [0.29, 0.717) is 0 Å². The van der Waals surface area contributed by atoms with Crippen LogP contribution in [0, 0.1) is 0 Å². The Kier molecular flexibility index (Phi) is 4.44. The Hall–Kier alpha value is -1.82. The lowest BCUT2D eigenvalue weighted by molar-refractivity contribution is -0.119. The molecule has 20 heavy (non-hydrogen) atoms. The molecule has 0 saturated heterocycles. The molecule has 0 aliphatic heterocycles. The molecule has 6 heteroatoms. The van der Waals surface area contributed by atoms with E-state index >= 15 is 0 Å². The van der Waals surface area contributed by atoms with Crippen molar-refractivity contribution in [1.82, 2.24) is 9.55 Å². The number of anilines is 1. The van der Waals surface area contributed by atoms with Crippen molar-refractivity contribution >= 4 is 27.5 Å². The average molecular weight is 337 g/mol. The van der Waals surface area contributed by atoms with Crippen LogP contribution in [0.2, 0.25) is 0 Å². The quantitative estimate of drug-likeness (QED) is 0.881. The Morgan fingerprint density at radius 1 is 1.40 bits per heavy atom. The molecule has 2 rings (SSSR count). The fourth-order valence-corrected chi connectivity index (χ4v) is 2.39. The lowest BCUT2D eigenvalue weighted by Crippen LogP contribution is -2.30. The van der Waals surface area contributed by atoms with Crippen molar-refractivity contribution < 1.29 is 4.79 Å². The molecule has 1 aromatic carbocycles. The third kappa shape index (κ3) is 3.01. The van der Waals surface area contributed by atoms with E-state index in [9.17, 15) is 4.79 Å². The van der Waals surface area contributed by atoms with Crippen molar-refractivity contribution in [2.75, 3.05) is 5.32 Å². The normalized spacial score (nSPS) is 12.4. The first-order chi connectivity index (χ1) is 9.50. The van der Waals surface area contributed by atoms with Crippen LogP contribution in [0.4, 0.5) is 5.69 Å². The molecule has 106 valence electrons. The van der Waals surface area contributed by atoms with Gasteiger partial charge < -0.3 is 15.6 Å². The Morgan fingerprint density at radius 3 is 2.70 bits per heavy atom. The van der Waals surface area contributed by atoms with E-state index in [2.05, 4.69) is 26.2 Å². The molecule has 3 N–H and O–H groups in total. The first kappa shape index (κ1) is 14.6. The summed E-state index contributed by atoms with van der Waals surface area (Å²) in [5.41, 5.74) is 7.10. The number of nitrogens with zero attached hydrogens (tertiary/aromatic N) is 2. The zero-order valence-electron chi connectivity index (χ0n) is 11.4. The van der Waals surface area contributed by atoms with Gasteiger partial charge in [0.25, 0.3) is 0 Å². The third-order valence-electron chi connectivity index (χ3n) is 3.01. The van der Waals surface area contributed by atoms with Gasteiger partial charge in [-0.15, -0.1) is 0 Å². The monoisotopic (exact) mass is 336 g/mol. The maximum Gasteiger partial charge on any atom is 0.246 e. The summed E-state index contributed by atoms with van der Waals surface area (Å²) in [4.78, 5) is 15.9. The van der Waals surface area contributed by atoms with Gasteiger partial charge in [-0.25, -0.2) is 4.98 Å². The maximum absolute atomic E-state index is 11.8. The van der Waals surface area contributed by atoms with Crippen LogP contribution in [0.3, 0.4) is 0 Å².